The summed E-state index contributed by atoms with van der Waals surface area (Å²) in [6.07, 6.45) is 0.581. The highest BCUT2D eigenvalue weighted by atomic mass is 35.5. The summed E-state index contributed by atoms with van der Waals surface area (Å²) in [5.74, 6) is -1.01. The lowest BCUT2D eigenvalue weighted by molar-refractivity contribution is -0.118. The SMILES string of the molecule is O=C1C(NCc2ccccc2F)CCN1c1ccc(Cl)c(F)c1. The summed E-state index contributed by atoms with van der Waals surface area (Å²) in [6.45, 7) is 0.751. The largest absolute Gasteiger partial charge is 0.311 e. The number of hydrogen-bond acceptors (Lipinski definition) is 2. The van der Waals surface area contributed by atoms with E-state index >= 15 is 0 Å². The third kappa shape index (κ3) is 3.35. The molecule has 23 heavy (non-hydrogen) atoms. The Morgan fingerprint density at radius 1 is 1.17 bits per heavy atom. The van der Waals surface area contributed by atoms with Gasteiger partial charge >= 0.3 is 0 Å². The van der Waals surface area contributed by atoms with E-state index in [1.54, 1.807) is 24.3 Å². The molecule has 0 spiro atoms. The van der Waals surface area contributed by atoms with Crippen LogP contribution >= 0.6 is 11.6 Å². The van der Waals surface area contributed by atoms with Crippen molar-refractivity contribution in [3.63, 3.8) is 0 Å². The molecule has 120 valence electrons. The second-order valence-corrected chi connectivity index (χ2v) is 5.81. The number of benzene rings is 2. The van der Waals surface area contributed by atoms with Gasteiger partial charge in [-0.15, -0.1) is 0 Å². The molecule has 0 saturated carbocycles. The number of nitrogens with zero attached hydrogens (tertiary/aromatic N) is 1. The van der Waals surface area contributed by atoms with Crippen LogP contribution in [-0.4, -0.2) is 18.5 Å². The quantitative estimate of drug-likeness (QED) is 0.926. The second kappa shape index (κ2) is 6.64. The zero-order valence-corrected chi connectivity index (χ0v) is 13.0. The smallest absolute Gasteiger partial charge is 0.244 e. The lowest BCUT2D eigenvalue weighted by atomic mass is 10.2. The van der Waals surface area contributed by atoms with E-state index < -0.39 is 11.9 Å². The van der Waals surface area contributed by atoms with Crippen molar-refractivity contribution in [3.05, 3.63) is 64.7 Å². The van der Waals surface area contributed by atoms with Crippen molar-refractivity contribution in [1.29, 1.82) is 0 Å². The number of amides is 1. The summed E-state index contributed by atoms with van der Waals surface area (Å²) in [5, 5.41) is 3.09. The molecule has 1 N–H and O–H groups in total. The van der Waals surface area contributed by atoms with Crippen molar-refractivity contribution in [1.82, 2.24) is 5.32 Å². The molecule has 1 heterocycles. The van der Waals surface area contributed by atoms with Crippen LogP contribution in [0.4, 0.5) is 14.5 Å². The summed E-state index contributed by atoms with van der Waals surface area (Å²) in [6, 6.07) is 10.3. The predicted molar refractivity (Wildman–Crippen MR) is 85.4 cm³/mol. The Kier molecular flexibility index (Phi) is 4.59. The topological polar surface area (TPSA) is 32.3 Å². The normalized spacial score (nSPS) is 17.8. The standard InChI is InChI=1S/C17H15ClF2N2O/c18-13-6-5-12(9-15(13)20)22-8-7-16(17(22)23)21-10-11-3-1-2-4-14(11)19/h1-6,9,16,21H,7-8,10H2. The van der Waals surface area contributed by atoms with Crippen LogP contribution in [0.1, 0.15) is 12.0 Å². The molecule has 1 fully saturated rings. The molecule has 6 heteroatoms. The van der Waals surface area contributed by atoms with E-state index in [1.807, 2.05) is 0 Å². The molecule has 3 nitrogen and oxygen atoms in total. The van der Waals surface area contributed by atoms with E-state index in [2.05, 4.69) is 5.32 Å². The van der Waals surface area contributed by atoms with E-state index in [4.69, 9.17) is 11.6 Å². The maximum Gasteiger partial charge on any atom is 0.244 e. The fourth-order valence-corrected chi connectivity index (χ4v) is 2.77. The Morgan fingerprint density at radius 3 is 2.70 bits per heavy atom. The Morgan fingerprint density at radius 2 is 1.96 bits per heavy atom. The van der Waals surface area contributed by atoms with Crippen LogP contribution in [0.2, 0.25) is 5.02 Å². The average Bonchev–Trinajstić information content (AvgIpc) is 2.90. The first kappa shape index (κ1) is 15.9. The first-order valence-corrected chi connectivity index (χ1v) is 7.67. The molecule has 3 rings (SSSR count). The minimum absolute atomic E-state index is 0.0228. The van der Waals surface area contributed by atoms with Crippen LogP contribution < -0.4 is 10.2 Å². The maximum atomic E-state index is 13.6. The number of hydrogen-bond donors (Lipinski definition) is 1. The molecule has 1 saturated heterocycles. The van der Waals surface area contributed by atoms with Gasteiger partial charge in [0.2, 0.25) is 5.91 Å². The highest BCUT2D eigenvalue weighted by molar-refractivity contribution is 6.30. The summed E-state index contributed by atoms with van der Waals surface area (Å²) in [4.78, 5) is 13.9. The molecule has 2 aromatic rings. The van der Waals surface area contributed by atoms with Crippen LogP contribution in [0.25, 0.3) is 0 Å². The first-order chi connectivity index (χ1) is 11.1. The van der Waals surface area contributed by atoms with Crippen LogP contribution in [-0.2, 0) is 11.3 Å². The molecule has 0 aliphatic carbocycles. The zero-order valence-electron chi connectivity index (χ0n) is 12.2. The molecule has 0 bridgehead atoms. The van der Waals surface area contributed by atoms with Crippen molar-refractivity contribution in [2.24, 2.45) is 0 Å². The molecular formula is C17H15ClF2N2O. The van der Waals surface area contributed by atoms with Gasteiger partial charge in [0, 0.05) is 24.3 Å². The average molecular weight is 337 g/mol. The highest BCUT2D eigenvalue weighted by Gasteiger charge is 2.32. The van der Waals surface area contributed by atoms with Gasteiger partial charge in [0.1, 0.15) is 11.6 Å². The van der Waals surface area contributed by atoms with E-state index in [0.717, 1.165) is 0 Å². The third-order valence-corrected chi connectivity index (χ3v) is 4.22. The van der Waals surface area contributed by atoms with Gasteiger partial charge < -0.3 is 10.2 Å². The van der Waals surface area contributed by atoms with Gasteiger partial charge in [-0.1, -0.05) is 29.8 Å². The number of anilines is 1. The van der Waals surface area contributed by atoms with E-state index in [1.165, 1.54) is 23.1 Å². The summed E-state index contributed by atoms with van der Waals surface area (Å²) in [5.41, 5.74) is 0.989. The van der Waals surface area contributed by atoms with Crippen molar-refractivity contribution < 1.29 is 13.6 Å². The predicted octanol–water partition coefficient (Wildman–Crippen LogP) is 3.51. The fourth-order valence-electron chi connectivity index (χ4n) is 2.65. The number of carbonyl (C=O) groups excluding carboxylic acids is 1. The second-order valence-electron chi connectivity index (χ2n) is 5.40. The molecule has 0 aromatic heterocycles. The Hall–Kier alpha value is -1.98. The van der Waals surface area contributed by atoms with Gasteiger partial charge in [-0.2, -0.15) is 0 Å². The summed E-state index contributed by atoms with van der Waals surface area (Å²) in [7, 11) is 0. The number of carbonyl (C=O) groups is 1. The minimum Gasteiger partial charge on any atom is -0.311 e. The Bertz CT molecular complexity index is 738. The molecule has 1 atom stereocenters. The van der Waals surface area contributed by atoms with Gasteiger partial charge in [0.25, 0.3) is 0 Å². The van der Waals surface area contributed by atoms with Crippen LogP contribution in [0.15, 0.2) is 42.5 Å². The van der Waals surface area contributed by atoms with E-state index in [0.29, 0.717) is 24.2 Å². The first-order valence-electron chi connectivity index (χ1n) is 7.29. The Labute approximate surface area is 137 Å². The lowest BCUT2D eigenvalue weighted by Crippen LogP contribution is -2.38. The minimum atomic E-state index is -0.556. The van der Waals surface area contributed by atoms with Crippen molar-refractivity contribution >= 4 is 23.2 Å². The fraction of sp³-hybridized carbons (Fsp3) is 0.235. The third-order valence-electron chi connectivity index (χ3n) is 3.92. The number of nitrogens with one attached hydrogen (secondary N) is 1. The Balaban J connectivity index is 1.67. The highest BCUT2D eigenvalue weighted by Crippen LogP contribution is 2.26. The molecular weight excluding hydrogens is 322 g/mol. The van der Waals surface area contributed by atoms with Crippen LogP contribution in [0.5, 0.6) is 0 Å². The van der Waals surface area contributed by atoms with Crippen molar-refractivity contribution in [3.8, 4) is 0 Å². The van der Waals surface area contributed by atoms with Crippen LogP contribution in [0, 0.1) is 11.6 Å². The molecule has 1 unspecified atom stereocenters. The number of halogens is 3. The van der Waals surface area contributed by atoms with Crippen molar-refractivity contribution in [2.75, 3.05) is 11.4 Å². The van der Waals surface area contributed by atoms with E-state index in [9.17, 15) is 13.6 Å². The summed E-state index contributed by atoms with van der Waals surface area (Å²) < 4.78 is 27.1. The zero-order chi connectivity index (χ0) is 16.4. The van der Waals surface area contributed by atoms with Gasteiger partial charge in [0.05, 0.1) is 11.1 Å². The molecule has 2 aromatic carbocycles. The summed E-state index contributed by atoms with van der Waals surface area (Å²) >= 11 is 5.66. The molecule has 1 aliphatic rings. The monoisotopic (exact) mass is 336 g/mol. The van der Waals surface area contributed by atoms with Gasteiger partial charge in [-0.05, 0) is 30.7 Å². The van der Waals surface area contributed by atoms with Crippen LogP contribution in [0.3, 0.4) is 0 Å². The van der Waals surface area contributed by atoms with Gasteiger partial charge in [-0.25, -0.2) is 8.78 Å². The molecule has 1 aliphatic heterocycles. The molecule has 1 amide bonds. The van der Waals surface area contributed by atoms with E-state index in [-0.39, 0.29) is 23.3 Å². The molecule has 0 radical (unpaired) electrons. The maximum absolute atomic E-state index is 13.6. The van der Waals surface area contributed by atoms with Gasteiger partial charge in [0.15, 0.2) is 0 Å². The number of rotatable bonds is 4. The van der Waals surface area contributed by atoms with Crippen molar-refractivity contribution in [2.45, 2.75) is 19.0 Å². The van der Waals surface area contributed by atoms with Gasteiger partial charge in [-0.3, -0.25) is 4.79 Å². The lowest BCUT2D eigenvalue weighted by Gasteiger charge is -2.17.